The van der Waals surface area contributed by atoms with Gasteiger partial charge in [0.15, 0.2) is 0 Å². The van der Waals surface area contributed by atoms with Crippen molar-refractivity contribution in [3.8, 4) is 0 Å². The second-order valence-corrected chi connectivity index (χ2v) is 4.20. The molecule has 1 fully saturated rings. The molecule has 1 rings (SSSR count). The van der Waals surface area contributed by atoms with Gasteiger partial charge in [0.1, 0.15) is 0 Å². The molecule has 1 aliphatic heterocycles. The van der Waals surface area contributed by atoms with Gasteiger partial charge in [0.25, 0.3) is 0 Å². The molecule has 3 nitrogen and oxygen atoms in total. The normalized spacial score (nSPS) is 22.2. The van der Waals surface area contributed by atoms with E-state index >= 15 is 0 Å². The molecule has 70 valence electrons. The first kappa shape index (κ1) is 10.0. The summed E-state index contributed by atoms with van der Waals surface area (Å²) in [5.41, 5.74) is -0.193. The van der Waals surface area contributed by atoms with Crippen LogP contribution in [0.25, 0.3) is 0 Å². The lowest BCUT2D eigenvalue weighted by atomic mass is 10.1. The topological polar surface area (TPSA) is 27.7 Å². The first-order chi connectivity index (χ1) is 5.49. The molecular weight excluding hydrogens is 155 g/mol. The Hall–Kier alpha value is -0.0551. The standard InChI is InChI=1S/C8H17BO3/c1-7(2)5-10-9-11-6-8(3,4)12-9/h7H,5-6H2,1-4H3. The predicted molar refractivity (Wildman–Crippen MR) is 47.7 cm³/mol. The Balaban J connectivity index is 2.20. The minimum atomic E-state index is -0.456. The maximum atomic E-state index is 5.45. The molecule has 1 aliphatic rings. The smallest absolute Gasteiger partial charge is 0.386 e. The van der Waals surface area contributed by atoms with E-state index in [0.717, 1.165) is 0 Å². The molecule has 4 heteroatoms. The Morgan fingerprint density at radius 1 is 1.50 bits per heavy atom. The highest BCUT2D eigenvalue weighted by atomic mass is 16.8. The second-order valence-electron chi connectivity index (χ2n) is 4.20. The molecule has 0 bridgehead atoms. The maximum absolute atomic E-state index is 5.45. The summed E-state index contributed by atoms with van der Waals surface area (Å²) in [5.74, 6) is 0.515. The lowest BCUT2D eigenvalue weighted by Crippen LogP contribution is -2.27. The van der Waals surface area contributed by atoms with Gasteiger partial charge in [-0.2, -0.15) is 0 Å². The first-order valence-corrected chi connectivity index (χ1v) is 4.41. The van der Waals surface area contributed by atoms with E-state index in [-0.39, 0.29) is 5.60 Å². The van der Waals surface area contributed by atoms with E-state index in [0.29, 0.717) is 19.1 Å². The third-order valence-electron chi connectivity index (χ3n) is 1.55. The predicted octanol–water partition coefficient (Wildman–Crippen LogP) is 1.47. The quantitative estimate of drug-likeness (QED) is 0.603. The number of hydrogen-bond acceptors (Lipinski definition) is 3. The average Bonchev–Trinajstić information content (AvgIpc) is 2.26. The minimum absolute atomic E-state index is 0.193. The van der Waals surface area contributed by atoms with Crippen LogP contribution in [0.4, 0.5) is 0 Å². The van der Waals surface area contributed by atoms with Crippen molar-refractivity contribution in [1.29, 1.82) is 0 Å². The summed E-state index contributed by atoms with van der Waals surface area (Å²) in [7, 11) is -0.456. The van der Waals surface area contributed by atoms with E-state index in [4.69, 9.17) is 14.0 Å². The zero-order valence-electron chi connectivity index (χ0n) is 8.29. The van der Waals surface area contributed by atoms with Gasteiger partial charge < -0.3 is 14.0 Å². The second kappa shape index (κ2) is 3.77. The fourth-order valence-corrected chi connectivity index (χ4v) is 0.950. The molecule has 1 heterocycles. The van der Waals surface area contributed by atoms with Crippen molar-refractivity contribution < 1.29 is 14.0 Å². The van der Waals surface area contributed by atoms with Crippen LogP contribution < -0.4 is 0 Å². The molecule has 0 saturated carbocycles. The lowest BCUT2D eigenvalue weighted by Gasteiger charge is -2.15. The van der Waals surface area contributed by atoms with Gasteiger partial charge in [-0.05, 0) is 19.8 Å². The van der Waals surface area contributed by atoms with Crippen molar-refractivity contribution >= 4 is 7.32 Å². The fraction of sp³-hybridized carbons (Fsp3) is 1.00. The van der Waals surface area contributed by atoms with Crippen LogP contribution >= 0.6 is 0 Å². The molecule has 0 aromatic heterocycles. The van der Waals surface area contributed by atoms with E-state index in [2.05, 4.69) is 13.8 Å². The van der Waals surface area contributed by atoms with Gasteiger partial charge in [-0.3, -0.25) is 0 Å². The molecule has 1 saturated heterocycles. The van der Waals surface area contributed by atoms with Crippen LogP contribution in [-0.4, -0.2) is 26.1 Å². The summed E-state index contributed by atoms with van der Waals surface area (Å²) in [6, 6.07) is 0. The highest BCUT2D eigenvalue weighted by Crippen LogP contribution is 2.20. The summed E-state index contributed by atoms with van der Waals surface area (Å²) < 4.78 is 16.1. The number of hydrogen-bond donors (Lipinski definition) is 0. The molecule has 12 heavy (non-hydrogen) atoms. The Kier molecular flexibility index (Phi) is 3.15. The Morgan fingerprint density at radius 3 is 2.58 bits per heavy atom. The van der Waals surface area contributed by atoms with Gasteiger partial charge in [-0.15, -0.1) is 0 Å². The zero-order valence-corrected chi connectivity index (χ0v) is 8.29. The summed E-state index contributed by atoms with van der Waals surface area (Å²) in [6.07, 6.45) is 0. The molecule has 0 N–H and O–H groups in total. The van der Waals surface area contributed by atoms with E-state index < -0.39 is 7.32 Å². The van der Waals surface area contributed by atoms with E-state index in [9.17, 15) is 0 Å². The monoisotopic (exact) mass is 172 g/mol. The minimum Gasteiger partial charge on any atom is -0.386 e. The average molecular weight is 172 g/mol. The zero-order chi connectivity index (χ0) is 9.19. The Labute approximate surface area is 74.6 Å². The van der Waals surface area contributed by atoms with Crippen molar-refractivity contribution in [2.45, 2.75) is 33.3 Å². The Morgan fingerprint density at radius 2 is 2.17 bits per heavy atom. The summed E-state index contributed by atoms with van der Waals surface area (Å²) in [4.78, 5) is 0. The molecule has 0 radical (unpaired) electrons. The van der Waals surface area contributed by atoms with Crippen LogP contribution in [0.2, 0.25) is 0 Å². The Bertz CT molecular complexity index is 147. The summed E-state index contributed by atoms with van der Waals surface area (Å²) in [5, 5.41) is 0. The molecule has 0 amide bonds. The van der Waals surface area contributed by atoms with Crippen LogP contribution in [0.5, 0.6) is 0 Å². The third-order valence-corrected chi connectivity index (χ3v) is 1.55. The van der Waals surface area contributed by atoms with Crippen LogP contribution in [0.1, 0.15) is 27.7 Å². The van der Waals surface area contributed by atoms with Crippen LogP contribution in [0.15, 0.2) is 0 Å². The third kappa shape index (κ3) is 3.13. The van der Waals surface area contributed by atoms with E-state index in [1.54, 1.807) is 0 Å². The van der Waals surface area contributed by atoms with Gasteiger partial charge in [-0.25, -0.2) is 0 Å². The van der Waals surface area contributed by atoms with Crippen molar-refractivity contribution in [2.75, 3.05) is 13.2 Å². The van der Waals surface area contributed by atoms with Crippen LogP contribution in [0.3, 0.4) is 0 Å². The first-order valence-electron chi connectivity index (χ1n) is 4.41. The molecule has 0 aromatic rings. The SMILES string of the molecule is CC(C)COB1OCC(C)(C)O1. The molecule has 0 unspecified atom stereocenters. The fourth-order valence-electron chi connectivity index (χ4n) is 0.950. The van der Waals surface area contributed by atoms with Gasteiger partial charge in [-0.1, -0.05) is 13.8 Å². The van der Waals surface area contributed by atoms with E-state index in [1.807, 2.05) is 13.8 Å². The van der Waals surface area contributed by atoms with Gasteiger partial charge in [0.2, 0.25) is 0 Å². The lowest BCUT2D eigenvalue weighted by molar-refractivity contribution is 0.102. The molecule has 0 spiro atoms. The molecule has 0 aliphatic carbocycles. The van der Waals surface area contributed by atoms with E-state index in [1.165, 1.54) is 0 Å². The maximum Gasteiger partial charge on any atom is 0.639 e. The van der Waals surface area contributed by atoms with Crippen LogP contribution in [0, 0.1) is 5.92 Å². The van der Waals surface area contributed by atoms with Crippen molar-refractivity contribution in [1.82, 2.24) is 0 Å². The van der Waals surface area contributed by atoms with Gasteiger partial charge in [0, 0.05) is 6.61 Å². The highest BCUT2D eigenvalue weighted by molar-refractivity contribution is 6.37. The largest absolute Gasteiger partial charge is 0.639 e. The van der Waals surface area contributed by atoms with Crippen molar-refractivity contribution in [3.05, 3.63) is 0 Å². The summed E-state index contributed by atoms with van der Waals surface area (Å²) in [6.45, 7) is 9.47. The van der Waals surface area contributed by atoms with Gasteiger partial charge in [0.05, 0.1) is 12.2 Å². The molecular formula is C8H17BO3. The molecule has 0 aromatic carbocycles. The van der Waals surface area contributed by atoms with Crippen molar-refractivity contribution in [2.24, 2.45) is 5.92 Å². The summed E-state index contributed by atoms with van der Waals surface area (Å²) >= 11 is 0. The highest BCUT2D eigenvalue weighted by Gasteiger charge is 2.39. The van der Waals surface area contributed by atoms with Crippen molar-refractivity contribution in [3.63, 3.8) is 0 Å². The number of rotatable bonds is 3. The molecule has 0 atom stereocenters. The van der Waals surface area contributed by atoms with Gasteiger partial charge >= 0.3 is 7.32 Å². The van der Waals surface area contributed by atoms with Crippen LogP contribution in [-0.2, 0) is 14.0 Å².